The summed E-state index contributed by atoms with van der Waals surface area (Å²) in [7, 11) is -1.05. The van der Waals surface area contributed by atoms with E-state index in [9.17, 15) is 9.00 Å². The van der Waals surface area contributed by atoms with Crippen LogP contribution in [0.3, 0.4) is 0 Å². The van der Waals surface area contributed by atoms with Crippen molar-refractivity contribution in [2.45, 2.75) is 108 Å². The number of hydrogen-bond donors (Lipinski definition) is 1. The largest absolute Gasteiger partial charge is 0.490 e. The molecule has 2 bridgehead atoms. The number of halogens is 1. The minimum atomic E-state index is -2.96. The van der Waals surface area contributed by atoms with Crippen LogP contribution in [0.1, 0.15) is 94.6 Å². The number of anilines is 1. The van der Waals surface area contributed by atoms with Crippen molar-refractivity contribution < 1.29 is 18.5 Å². The van der Waals surface area contributed by atoms with E-state index in [-0.39, 0.29) is 22.5 Å². The Kier molecular flexibility index (Phi) is 11.6. The van der Waals surface area contributed by atoms with Crippen LogP contribution < -0.4 is 14.4 Å². The van der Waals surface area contributed by atoms with Gasteiger partial charge in [0.25, 0.3) is 5.91 Å². The van der Waals surface area contributed by atoms with Gasteiger partial charge in [-0.2, -0.15) is 0 Å². The zero-order valence-corrected chi connectivity index (χ0v) is 35.0. The van der Waals surface area contributed by atoms with E-state index in [0.29, 0.717) is 36.1 Å². The van der Waals surface area contributed by atoms with Crippen LogP contribution in [0.5, 0.6) is 5.75 Å². The van der Waals surface area contributed by atoms with E-state index in [1.807, 2.05) is 32.2 Å². The Balaban J connectivity index is 1.29. The van der Waals surface area contributed by atoms with Gasteiger partial charge in [-0.05, 0) is 137 Å². The smallest absolute Gasteiger partial charge is 0.262 e. The number of amides is 1. The van der Waals surface area contributed by atoms with Crippen LogP contribution in [-0.4, -0.2) is 102 Å². The number of ether oxygens (including phenoxy) is 2. The Labute approximate surface area is 330 Å². The summed E-state index contributed by atoms with van der Waals surface area (Å²) in [6.07, 6.45) is 11.8. The lowest BCUT2D eigenvalue weighted by atomic mass is 9.63. The molecule has 2 aliphatic carbocycles. The number of nitrogens with one attached hydrogen (secondary N) is 1. The van der Waals surface area contributed by atoms with Crippen LogP contribution >= 0.6 is 11.6 Å². The summed E-state index contributed by atoms with van der Waals surface area (Å²) in [5.41, 5.74) is 3.31. The lowest BCUT2D eigenvalue weighted by Gasteiger charge is -2.53. The van der Waals surface area contributed by atoms with Crippen molar-refractivity contribution in [3.05, 3.63) is 70.3 Å². The molecule has 0 radical (unpaired) electrons. The van der Waals surface area contributed by atoms with Gasteiger partial charge >= 0.3 is 0 Å². The van der Waals surface area contributed by atoms with E-state index >= 15 is 0 Å². The molecule has 1 saturated heterocycles. The molecule has 3 heterocycles. The summed E-state index contributed by atoms with van der Waals surface area (Å²) < 4.78 is 30.5. The van der Waals surface area contributed by atoms with E-state index in [4.69, 9.17) is 21.1 Å². The normalized spacial score (nSPS) is 36.9. The molecule has 7 rings (SSSR count). The standard InChI is InChI=1S/C44H63ClN4O4S/c1-8-21-49-31(3)24-47(25-32(49)4)28-44(52-6)20-9-11-30(2)33(5)54(7,51)46-42(50)35-14-18-41-40(23-35)48(26-36-13-16-39(36)44)27-43(29-53-41)19-10-12-34-22-37(45)15-17-38(34)43/h9,14-15,17-18,20,22-23,30-33,36,39H,7-8,10-13,16,19,21,24-29H2,1-6H3,(H,46,50,51)/b20-9+/t30-,31-,32+,33+,36-,39+,43-,44+,54?/m0/s1. The molecule has 10 heteroatoms. The minimum absolute atomic E-state index is 0.0317. The highest BCUT2D eigenvalue weighted by Crippen LogP contribution is 2.49. The first kappa shape index (κ1) is 39.7. The lowest BCUT2D eigenvalue weighted by molar-refractivity contribution is -0.102. The molecule has 5 aliphatic rings. The first-order chi connectivity index (χ1) is 25.8. The molecule has 54 heavy (non-hydrogen) atoms. The predicted octanol–water partition coefficient (Wildman–Crippen LogP) is 7.37. The van der Waals surface area contributed by atoms with Gasteiger partial charge in [0.2, 0.25) is 0 Å². The summed E-state index contributed by atoms with van der Waals surface area (Å²) in [6.45, 7) is 17.2. The highest BCUT2D eigenvalue weighted by molar-refractivity contribution is 7.99. The fourth-order valence-corrected chi connectivity index (χ4v) is 12.2. The molecule has 8 nitrogen and oxygen atoms in total. The fraction of sp³-hybridized carbons (Fsp3) is 0.636. The van der Waals surface area contributed by atoms with Crippen LogP contribution in [-0.2, 0) is 26.3 Å². The van der Waals surface area contributed by atoms with E-state index in [2.05, 4.69) is 77.3 Å². The molecule has 2 fully saturated rings. The second-order valence-electron chi connectivity index (χ2n) is 17.5. The monoisotopic (exact) mass is 778 g/mol. The number of carbonyl (C=O) groups excluding carboxylic acids is 1. The molecule has 2 aromatic rings. The van der Waals surface area contributed by atoms with E-state index < -0.39 is 15.3 Å². The first-order valence-electron chi connectivity index (χ1n) is 20.5. The molecule has 0 aromatic heterocycles. The van der Waals surface area contributed by atoms with Gasteiger partial charge in [-0.25, -0.2) is 4.21 Å². The lowest BCUT2D eigenvalue weighted by Crippen LogP contribution is -2.62. The molecule has 3 aliphatic heterocycles. The van der Waals surface area contributed by atoms with Crippen molar-refractivity contribution in [2.24, 2.45) is 17.8 Å². The van der Waals surface area contributed by atoms with Crippen LogP contribution in [0, 0.1) is 17.8 Å². The number of rotatable bonds is 5. The maximum absolute atomic E-state index is 14.1. The third kappa shape index (κ3) is 7.61. The van der Waals surface area contributed by atoms with Gasteiger partial charge in [-0.1, -0.05) is 43.7 Å². The number of methoxy groups -OCH3 is 1. The summed E-state index contributed by atoms with van der Waals surface area (Å²) in [5, 5.41) is 0.438. The van der Waals surface area contributed by atoms with Crippen molar-refractivity contribution in [2.75, 3.05) is 57.9 Å². The van der Waals surface area contributed by atoms with E-state index in [0.717, 1.165) is 101 Å². The molecule has 2 aromatic carbocycles. The molecular formula is C44H63ClN4O4S. The predicted molar refractivity (Wildman–Crippen MR) is 224 cm³/mol. The second-order valence-corrected chi connectivity index (χ2v) is 20.3. The number of aryl methyl sites for hydroxylation is 1. The fourth-order valence-electron chi connectivity index (χ4n) is 10.5. The zero-order valence-electron chi connectivity index (χ0n) is 33.5. The summed E-state index contributed by atoms with van der Waals surface area (Å²) in [5.74, 6) is 5.23. The number of fused-ring (bicyclic) bond motifs is 4. The first-order valence-corrected chi connectivity index (χ1v) is 22.6. The Bertz CT molecular complexity index is 1820. The van der Waals surface area contributed by atoms with Crippen molar-refractivity contribution in [3.63, 3.8) is 0 Å². The average molecular weight is 780 g/mol. The van der Waals surface area contributed by atoms with Gasteiger partial charge in [-0.3, -0.25) is 19.3 Å². The SMILES string of the molecule is C=S1(=O)NC(=O)c2ccc3c(c2)N(C[C@@H]2CC[C@H]2[C@@](CN2C[C@@H](C)N(CCC)[C@@H](C)C2)(OC)/C=C/C[C@H](C)[C@H]1C)C[C@@]1(CCCc2cc(Cl)ccc21)CO3. The molecule has 1 unspecified atom stereocenters. The number of benzene rings is 2. The van der Waals surface area contributed by atoms with Crippen molar-refractivity contribution >= 4 is 38.8 Å². The summed E-state index contributed by atoms with van der Waals surface area (Å²) in [4.78, 5) is 21.7. The number of hydrogen-bond acceptors (Lipinski definition) is 7. The highest BCUT2D eigenvalue weighted by Gasteiger charge is 2.50. The Hall–Kier alpha value is -2.56. The minimum Gasteiger partial charge on any atom is -0.490 e. The maximum atomic E-state index is 14.1. The number of nitrogens with zero attached hydrogens (tertiary/aromatic N) is 3. The molecule has 1 N–H and O–H groups in total. The zero-order chi connectivity index (χ0) is 38.4. The van der Waals surface area contributed by atoms with Gasteiger partial charge in [-0.15, -0.1) is 0 Å². The molecule has 1 spiro atoms. The topological polar surface area (TPSA) is 74.4 Å². The Morgan fingerprint density at radius 3 is 2.56 bits per heavy atom. The van der Waals surface area contributed by atoms with Gasteiger partial charge < -0.3 is 14.4 Å². The number of allylic oxidation sites excluding steroid dienone is 1. The highest BCUT2D eigenvalue weighted by atomic mass is 35.5. The van der Waals surface area contributed by atoms with Crippen molar-refractivity contribution in [1.82, 2.24) is 14.5 Å². The molecule has 1 amide bonds. The molecular weight excluding hydrogens is 716 g/mol. The van der Waals surface area contributed by atoms with Crippen LogP contribution in [0.4, 0.5) is 5.69 Å². The van der Waals surface area contributed by atoms with E-state index in [1.165, 1.54) is 11.1 Å². The third-order valence-electron chi connectivity index (χ3n) is 13.9. The second kappa shape index (κ2) is 15.8. The van der Waals surface area contributed by atoms with Gasteiger partial charge in [0.05, 0.1) is 22.0 Å². The maximum Gasteiger partial charge on any atom is 0.262 e. The van der Waals surface area contributed by atoms with Gasteiger partial charge in [0.15, 0.2) is 0 Å². The van der Waals surface area contributed by atoms with Crippen LogP contribution in [0.15, 0.2) is 48.6 Å². The molecule has 1 saturated carbocycles. The third-order valence-corrected chi connectivity index (χ3v) is 16.3. The molecule has 296 valence electrons. The van der Waals surface area contributed by atoms with Crippen LogP contribution in [0.2, 0.25) is 5.02 Å². The molecule has 9 atom stereocenters. The van der Waals surface area contributed by atoms with Crippen molar-refractivity contribution in [1.29, 1.82) is 0 Å². The Morgan fingerprint density at radius 1 is 1.07 bits per heavy atom. The average Bonchev–Trinajstić information content (AvgIpc) is 3.27. The Morgan fingerprint density at radius 2 is 1.85 bits per heavy atom. The van der Waals surface area contributed by atoms with Crippen LogP contribution in [0.25, 0.3) is 0 Å². The van der Waals surface area contributed by atoms with Gasteiger partial charge in [0, 0.05) is 73.2 Å². The van der Waals surface area contributed by atoms with Crippen molar-refractivity contribution in [3.8, 4) is 5.75 Å². The summed E-state index contributed by atoms with van der Waals surface area (Å²) >= 11 is 6.53. The van der Waals surface area contributed by atoms with E-state index in [1.54, 1.807) is 6.07 Å². The summed E-state index contributed by atoms with van der Waals surface area (Å²) in [6, 6.07) is 13.0. The quantitative estimate of drug-likeness (QED) is 0.251. The number of carbonyl (C=O) groups is 1. The number of piperazine rings is 1. The van der Waals surface area contributed by atoms with Gasteiger partial charge in [0.1, 0.15) is 11.4 Å².